The highest BCUT2D eigenvalue weighted by Gasteiger charge is 2.25. The van der Waals surface area contributed by atoms with Crippen molar-refractivity contribution in [2.24, 2.45) is 0 Å². The molecule has 10 nitrogen and oxygen atoms in total. The first-order chi connectivity index (χ1) is 16.3. The summed E-state index contributed by atoms with van der Waals surface area (Å²) < 4.78 is 11.9. The molecule has 0 aliphatic heterocycles. The maximum atomic E-state index is 11.9. The van der Waals surface area contributed by atoms with E-state index < -0.39 is 17.1 Å². The average Bonchev–Trinajstić information content (AvgIpc) is 2.78. The van der Waals surface area contributed by atoms with Crippen LogP contribution in [-0.4, -0.2) is 52.2 Å². The number of anilines is 2. The third-order valence-corrected chi connectivity index (χ3v) is 5.47. The highest BCUT2D eigenvalue weighted by atomic mass is 79.9. The number of aromatic nitrogens is 2. The van der Waals surface area contributed by atoms with Crippen molar-refractivity contribution < 1.29 is 19.2 Å². The highest BCUT2D eigenvalue weighted by molar-refractivity contribution is 9.10. The van der Waals surface area contributed by atoms with Crippen LogP contribution in [0.4, 0.5) is 17.2 Å². The van der Waals surface area contributed by atoms with E-state index in [2.05, 4.69) is 31.2 Å². The average molecular weight is 532 g/mol. The van der Waals surface area contributed by atoms with Gasteiger partial charge in [-0.15, -0.1) is 0 Å². The van der Waals surface area contributed by atoms with Crippen molar-refractivity contribution >= 4 is 50.0 Å². The molecule has 1 unspecified atom stereocenters. The molecular formula is C23H26BrN5O5. The van der Waals surface area contributed by atoms with Gasteiger partial charge in [-0.2, -0.15) is 0 Å². The maximum absolute atomic E-state index is 11.9. The van der Waals surface area contributed by atoms with Gasteiger partial charge in [0.15, 0.2) is 6.23 Å². The zero-order chi connectivity index (χ0) is 24.7. The summed E-state index contributed by atoms with van der Waals surface area (Å²) in [5.74, 6) is 0.111. The number of ether oxygens (including phenoxy) is 2. The van der Waals surface area contributed by atoms with E-state index >= 15 is 0 Å². The Balaban J connectivity index is 1.96. The van der Waals surface area contributed by atoms with Crippen molar-refractivity contribution in [1.29, 1.82) is 0 Å². The molecule has 0 fully saturated rings. The van der Waals surface area contributed by atoms with Crippen LogP contribution in [0.15, 0.2) is 47.2 Å². The minimum absolute atomic E-state index is 0.00274. The van der Waals surface area contributed by atoms with E-state index in [9.17, 15) is 14.9 Å². The fraction of sp³-hybridized carbons (Fsp3) is 0.348. The Morgan fingerprint density at radius 1 is 1.26 bits per heavy atom. The number of carbonyl (C=O) groups excluding carboxylic acids is 1. The Hall–Kier alpha value is -3.31. The summed E-state index contributed by atoms with van der Waals surface area (Å²) in [7, 11) is 1.71. The Bertz CT molecular complexity index is 1180. The van der Waals surface area contributed by atoms with Crippen LogP contribution < -0.4 is 10.1 Å². The molecule has 0 saturated heterocycles. The topological polar surface area (TPSA) is 120 Å². The van der Waals surface area contributed by atoms with Crippen LogP contribution in [0.3, 0.4) is 0 Å². The van der Waals surface area contributed by atoms with E-state index in [-0.39, 0.29) is 24.6 Å². The van der Waals surface area contributed by atoms with Crippen LogP contribution in [0.25, 0.3) is 10.9 Å². The van der Waals surface area contributed by atoms with Crippen molar-refractivity contribution in [3.05, 3.63) is 57.3 Å². The SMILES string of the molecule is CCCC(Oc1cc2ncnc(Nc3cccc(Br)c3)c2cc1[N+](=O)[O-])N(C)CC(=O)OCC. The molecular weight excluding hydrogens is 506 g/mol. The summed E-state index contributed by atoms with van der Waals surface area (Å²) in [6.07, 6.45) is 2.13. The molecule has 180 valence electrons. The number of hydrogen-bond acceptors (Lipinski definition) is 9. The van der Waals surface area contributed by atoms with Crippen molar-refractivity contribution in [1.82, 2.24) is 14.9 Å². The summed E-state index contributed by atoms with van der Waals surface area (Å²) in [5.41, 5.74) is 1.03. The lowest BCUT2D eigenvalue weighted by Crippen LogP contribution is -2.40. The number of rotatable bonds is 11. The van der Waals surface area contributed by atoms with Gasteiger partial charge < -0.3 is 14.8 Å². The minimum atomic E-state index is -0.563. The van der Waals surface area contributed by atoms with Crippen LogP contribution in [0.2, 0.25) is 0 Å². The Morgan fingerprint density at radius 2 is 2.06 bits per heavy atom. The molecule has 0 radical (unpaired) electrons. The first-order valence-electron chi connectivity index (χ1n) is 10.8. The van der Waals surface area contributed by atoms with Crippen LogP contribution in [-0.2, 0) is 9.53 Å². The van der Waals surface area contributed by atoms with Crippen molar-refractivity contribution in [3.8, 4) is 5.75 Å². The second-order valence-corrected chi connectivity index (χ2v) is 8.45. The molecule has 2 aromatic carbocycles. The van der Waals surface area contributed by atoms with Crippen LogP contribution >= 0.6 is 15.9 Å². The van der Waals surface area contributed by atoms with Crippen molar-refractivity contribution in [3.63, 3.8) is 0 Å². The van der Waals surface area contributed by atoms with Gasteiger partial charge in [0, 0.05) is 22.3 Å². The second kappa shape index (κ2) is 11.7. The van der Waals surface area contributed by atoms with Crippen molar-refractivity contribution in [2.45, 2.75) is 32.9 Å². The van der Waals surface area contributed by atoms with E-state index in [0.29, 0.717) is 23.1 Å². The summed E-state index contributed by atoms with van der Waals surface area (Å²) in [4.78, 5) is 33.6. The number of nitrogens with one attached hydrogen (secondary N) is 1. The van der Waals surface area contributed by atoms with Crippen LogP contribution in [0, 0.1) is 10.1 Å². The number of esters is 1. The van der Waals surface area contributed by atoms with Gasteiger partial charge in [-0.05, 0) is 38.6 Å². The monoisotopic (exact) mass is 531 g/mol. The molecule has 11 heteroatoms. The largest absolute Gasteiger partial charge is 0.468 e. The lowest BCUT2D eigenvalue weighted by Gasteiger charge is -2.27. The Morgan fingerprint density at radius 3 is 2.74 bits per heavy atom. The summed E-state index contributed by atoms with van der Waals surface area (Å²) in [6, 6.07) is 10.4. The second-order valence-electron chi connectivity index (χ2n) is 7.53. The smallest absolute Gasteiger partial charge is 0.320 e. The number of halogens is 1. The number of carbonyl (C=O) groups is 1. The van der Waals surface area contributed by atoms with E-state index in [1.807, 2.05) is 31.2 Å². The molecule has 0 bridgehead atoms. The van der Waals surface area contributed by atoms with E-state index in [4.69, 9.17) is 9.47 Å². The summed E-state index contributed by atoms with van der Waals surface area (Å²) in [6.45, 7) is 3.98. The van der Waals surface area contributed by atoms with Gasteiger partial charge in [0.05, 0.1) is 29.0 Å². The van der Waals surface area contributed by atoms with Gasteiger partial charge in [0.25, 0.3) is 0 Å². The number of nitro benzene ring substituents is 1. The Labute approximate surface area is 205 Å². The van der Waals surface area contributed by atoms with Gasteiger partial charge in [-0.25, -0.2) is 9.97 Å². The zero-order valence-electron chi connectivity index (χ0n) is 19.2. The van der Waals surface area contributed by atoms with Gasteiger partial charge in [0.1, 0.15) is 12.1 Å². The van der Waals surface area contributed by atoms with Gasteiger partial charge in [-0.3, -0.25) is 19.8 Å². The standard InChI is InChI=1S/C23H26BrN5O5/c1-4-7-21(28(3)13-22(30)33-5-2)34-20-12-18-17(11-19(20)29(31)32)23(26-14-25-18)27-16-9-6-8-15(24)10-16/h6,8-12,14,21H,4-5,7,13H2,1-3H3,(H,25,26,27). The molecule has 3 rings (SSSR count). The molecule has 0 aliphatic carbocycles. The number of fused-ring (bicyclic) bond motifs is 1. The molecule has 1 atom stereocenters. The first kappa shape index (κ1) is 25.3. The van der Waals surface area contributed by atoms with Gasteiger partial charge >= 0.3 is 11.7 Å². The third-order valence-electron chi connectivity index (χ3n) is 4.97. The van der Waals surface area contributed by atoms with Gasteiger partial charge in [0.2, 0.25) is 5.75 Å². The number of nitrogens with zero attached hydrogens (tertiary/aromatic N) is 4. The molecule has 1 heterocycles. The third kappa shape index (κ3) is 6.39. The normalized spacial score (nSPS) is 11.9. The number of hydrogen-bond donors (Lipinski definition) is 1. The summed E-state index contributed by atoms with van der Waals surface area (Å²) >= 11 is 3.42. The predicted octanol–water partition coefficient (Wildman–Crippen LogP) is 5.04. The molecule has 0 saturated carbocycles. The number of nitro groups is 1. The number of benzene rings is 2. The van der Waals surface area contributed by atoms with Crippen molar-refractivity contribution in [2.75, 3.05) is 25.5 Å². The lowest BCUT2D eigenvalue weighted by atomic mass is 10.2. The molecule has 0 spiro atoms. The molecule has 3 aromatic rings. The Kier molecular flexibility index (Phi) is 8.72. The molecule has 1 aromatic heterocycles. The quantitative estimate of drug-likeness (QED) is 0.157. The van der Waals surface area contributed by atoms with Gasteiger partial charge in [-0.1, -0.05) is 35.3 Å². The highest BCUT2D eigenvalue weighted by Crippen LogP contribution is 2.36. The summed E-state index contributed by atoms with van der Waals surface area (Å²) in [5, 5.41) is 15.6. The van der Waals surface area contributed by atoms with Crippen LogP contribution in [0.1, 0.15) is 26.7 Å². The molecule has 1 N–H and O–H groups in total. The molecule has 34 heavy (non-hydrogen) atoms. The molecule has 0 amide bonds. The van der Waals surface area contributed by atoms with E-state index in [0.717, 1.165) is 16.6 Å². The lowest BCUT2D eigenvalue weighted by molar-refractivity contribution is -0.386. The fourth-order valence-corrected chi connectivity index (χ4v) is 3.79. The molecule has 0 aliphatic rings. The maximum Gasteiger partial charge on any atom is 0.320 e. The predicted molar refractivity (Wildman–Crippen MR) is 132 cm³/mol. The number of likely N-dealkylation sites (N-methyl/N-ethyl adjacent to an activating group) is 1. The van der Waals surface area contributed by atoms with Crippen LogP contribution in [0.5, 0.6) is 5.75 Å². The zero-order valence-corrected chi connectivity index (χ0v) is 20.7. The van der Waals surface area contributed by atoms with E-state index in [1.54, 1.807) is 18.9 Å². The fourth-order valence-electron chi connectivity index (χ4n) is 3.39. The minimum Gasteiger partial charge on any atom is -0.468 e. The van der Waals surface area contributed by atoms with E-state index in [1.165, 1.54) is 18.5 Å². The first-order valence-corrected chi connectivity index (χ1v) is 11.6.